The van der Waals surface area contributed by atoms with Crippen LogP contribution >= 0.6 is 0 Å². The lowest BCUT2D eigenvalue weighted by Gasteiger charge is -2.37. The minimum atomic E-state index is 0.0113. The van der Waals surface area contributed by atoms with Gasteiger partial charge in [-0.3, -0.25) is 0 Å². The van der Waals surface area contributed by atoms with Crippen LogP contribution in [0.15, 0.2) is 12.1 Å². The number of hydrogen-bond acceptors (Lipinski definition) is 3. The van der Waals surface area contributed by atoms with Gasteiger partial charge in [0.2, 0.25) is 0 Å². The number of aromatic nitrogens is 1. The van der Waals surface area contributed by atoms with Gasteiger partial charge in [0.1, 0.15) is 5.82 Å². The molecule has 1 atom stereocenters. The average Bonchev–Trinajstić information content (AvgIpc) is 2.45. The predicted octanol–water partition coefficient (Wildman–Crippen LogP) is 3.64. The van der Waals surface area contributed by atoms with Crippen molar-refractivity contribution in [3.63, 3.8) is 0 Å². The van der Waals surface area contributed by atoms with E-state index in [0.29, 0.717) is 6.04 Å². The minimum absolute atomic E-state index is 0.0113. The van der Waals surface area contributed by atoms with Crippen LogP contribution in [0.4, 0.5) is 5.82 Å². The Morgan fingerprint density at radius 1 is 1.30 bits per heavy atom. The molecule has 3 heteroatoms. The fourth-order valence-electron chi connectivity index (χ4n) is 2.92. The van der Waals surface area contributed by atoms with Crippen molar-refractivity contribution < 1.29 is 5.11 Å². The lowest BCUT2D eigenvalue weighted by Crippen LogP contribution is -2.40. The van der Waals surface area contributed by atoms with Crippen LogP contribution in [0.3, 0.4) is 0 Å². The molecule has 0 radical (unpaired) electrons. The largest absolute Gasteiger partial charge is 0.392 e. The van der Waals surface area contributed by atoms with Crippen LogP contribution in [0.5, 0.6) is 0 Å². The number of piperidine rings is 1. The summed E-state index contributed by atoms with van der Waals surface area (Å²) in [7, 11) is 0. The van der Waals surface area contributed by atoms with Gasteiger partial charge in [-0.05, 0) is 43.4 Å². The highest BCUT2D eigenvalue weighted by Gasteiger charge is 2.24. The lowest BCUT2D eigenvalue weighted by atomic mass is 9.90. The van der Waals surface area contributed by atoms with E-state index >= 15 is 0 Å². The fraction of sp³-hybridized carbons (Fsp3) is 0.706. The van der Waals surface area contributed by atoms with E-state index in [4.69, 9.17) is 4.98 Å². The van der Waals surface area contributed by atoms with Gasteiger partial charge in [-0.1, -0.05) is 27.7 Å². The summed E-state index contributed by atoms with van der Waals surface area (Å²) in [5, 5.41) is 9.53. The van der Waals surface area contributed by atoms with E-state index in [-0.39, 0.29) is 12.0 Å². The highest BCUT2D eigenvalue weighted by Crippen LogP contribution is 2.29. The second-order valence-corrected chi connectivity index (χ2v) is 6.88. The molecule has 1 fully saturated rings. The van der Waals surface area contributed by atoms with E-state index < -0.39 is 0 Å². The molecule has 3 nitrogen and oxygen atoms in total. The Hall–Kier alpha value is -1.09. The summed E-state index contributed by atoms with van der Waals surface area (Å²) in [5.41, 5.74) is 2.05. The first-order valence-electron chi connectivity index (χ1n) is 7.84. The molecule has 0 bridgehead atoms. The van der Waals surface area contributed by atoms with Crippen molar-refractivity contribution in [1.29, 1.82) is 0 Å². The zero-order valence-corrected chi connectivity index (χ0v) is 13.3. The molecule has 1 unspecified atom stereocenters. The van der Waals surface area contributed by atoms with E-state index in [1.165, 1.54) is 19.3 Å². The third-order valence-electron chi connectivity index (χ3n) is 4.22. The Morgan fingerprint density at radius 3 is 2.65 bits per heavy atom. The maximum absolute atomic E-state index is 9.53. The van der Waals surface area contributed by atoms with Crippen molar-refractivity contribution in [2.75, 3.05) is 11.4 Å². The SMILES string of the molecule is CCC1CCCCN1c1cc(CO)cc(C(C)(C)C)n1. The molecule has 1 aromatic heterocycles. The molecule has 0 spiro atoms. The fourth-order valence-corrected chi connectivity index (χ4v) is 2.92. The molecular formula is C17H28N2O. The van der Waals surface area contributed by atoms with Crippen LogP contribution in [0.25, 0.3) is 0 Å². The quantitative estimate of drug-likeness (QED) is 0.915. The molecule has 20 heavy (non-hydrogen) atoms. The molecule has 2 heterocycles. The summed E-state index contributed by atoms with van der Waals surface area (Å²) < 4.78 is 0. The van der Waals surface area contributed by atoms with Crippen LogP contribution < -0.4 is 4.90 Å². The molecular weight excluding hydrogens is 248 g/mol. The van der Waals surface area contributed by atoms with Crippen LogP contribution in [0.2, 0.25) is 0 Å². The first-order valence-corrected chi connectivity index (χ1v) is 7.84. The number of nitrogens with zero attached hydrogens (tertiary/aromatic N) is 2. The molecule has 0 aliphatic carbocycles. The Labute approximate surface area is 123 Å². The third kappa shape index (κ3) is 3.32. The number of anilines is 1. The van der Waals surface area contributed by atoms with Gasteiger partial charge in [0.15, 0.2) is 0 Å². The standard InChI is InChI=1S/C17H28N2O/c1-5-14-8-6-7-9-19(14)16-11-13(12-20)10-15(18-16)17(2,3)4/h10-11,14,20H,5-9,12H2,1-4H3. The number of aliphatic hydroxyl groups excluding tert-OH is 1. The lowest BCUT2D eigenvalue weighted by molar-refractivity contribution is 0.281. The van der Waals surface area contributed by atoms with Gasteiger partial charge in [0.25, 0.3) is 0 Å². The highest BCUT2D eigenvalue weighted by atomic mass is 16.3. The van der Waals surface area contributed by atoms with E-state index in [0.717, 1.165) is 30.0 Å². The zero-order valence-electron chi connectivity index (χ0n) is 13.3. The maximum Gasteiger partial charge on any atom is 0.129 e. The van der Waals surface area contributed by atoms with Crippen molar-refractivity contribution in [3.8, 4) is 0 Å². The second-order valence-electron chi connectivity index (χ2n) is 6.88. The van der Waals surface area contributed by atoms with Gasteiger partial charge in [-0.2, -0.15) is 0 Å². The molecule has 0 aromatic carbocycles. The van der Waals surface area contributed by atoms with E-state index in [2.05, 4.69) is 38.7 Å². The van der Waals surface area contributed by atoms with Crippen molar-refractivity contribution in [2.45, 2.75) is 71.4 Å². The van der Waals surface area contributed by atoms with Crippen molar-refractivity contribution in [3.05, 3.63) is 23.4 Å². The number of hydrogen-bond donors (Lipinski definition) is 1. The summed E-state index contributed by atoms with van der Waals surface area (Å²) in [6, 6.07) is 4.69. The Kier molecular flexibility index (Phi) is 4.69. The monoisotopic (exact) mass is 276 g/mol. The van der Waals surface area contributed by atoms with Gasteiger partial charge in [-0.25, -0.2) is 4.98 Å². The molecule has 0 saturated carbocycles. The van der Waals surface area contributed by atoms with Crippen LogP contribution in [0, 0.1) is 0 Å². The molecule has 1 N–H and O–H groups in total. The van der Waals surface area contributed by atoms with Gasteiger partial charge in [0.05, 0.1) is 6.61 Å². The Bertz CT molecular complexity index is 451. The molecule has 2 rings (SSSR count). The van der Waals surface area contributed by atoms with Crippen LogP contribution in [-0.4, -0.2) is 22.7 Å². The van der Waals surface area contributed by atoms with Crippen LogP contribution in [0.1, 0.15) is 64.6 Å². The topological polar surface area (TPSA) is 36.4 Å². The smallest absolute Gasteiger partial charge is 0.129 e. The minimum Gasteiger partial charge on any atom is -0.392 e. The van der Waals surface area contributed by atoms with E-state index in [9.17, 15) is 5.11 Å². The average molecular weight is 276 g/mol. The third-order valence-corrected chi connectivity index (χ3v) is 4.22. The van der Waals surface area contributed by atoms with Gasteiger partial charge in [-0.15, -0.1) is 0 Å². The van der Waals surface area contributed by atoms with Crippen LogP contribution in [-0.2, 0) is 12.0 Å². The van der Waals surface area contributed by atoms with Crippen molar-refractivity contribution in [1.82, 2.24) is 4.98 Å². The first kappa shape index (κ1) is 15.3. The first-order chi connectivity index (χ1) is 9.45. The highest BCUT2D eigenvalue weighted by molar-refractivity contribution is 5.45. The van der Waals surface area contributed by atoms with Gasteiger partial charge in [0, 0.05) is 23.7 Å². The summed E-state index contributed by atoms with van der Waals surface area (Å²) in [6.07, 6.45) is 4.98. The number of aliphatic hydroxyl groups is 1. The second kappa shape index (κ2) is 6.13. The molecule has 1 saturated heterocycles. The van der Waals surface area contributed by atoms with Crippen molar-refractivity contribution in [2.24, 2.45) is 0 Å². The molecule has 112 valence electrons. The summed E-state index contributed by atoms with van der Waals surface area (Å²) >= 11 is 0. The summed E-state index contributed by atoms with van der Waals surface area (Å²) in [6.45, 7) is 9.95. The van der Waals surface area contributed by atoms with Gasteiger partial charge < -0.3 is 10.0 Å². The Morgan fingerprint density at radius 2 is 2.05 bits per heavy atom. The number of rotatable bonds is 3. The Balaban J connectivity index is 2.39. The predicted molar refractivity (Wildman–Crippen MR) is 84.1 cm³/mol. The molecule has 0 amide bonds. The molecule has 1 aromatic rings. The normalized spacial score (nSPS) is 20.2. The van der Waals surface area contributed by atoms with E-state index in [1.807, 2.05) is 6.07 Å². The molecule has 1 aliphatic rings. The molecule has 1 aliphatic heterocycles. The van der Waals surface area contributed by atoms with Gasteiger partial charge >= 0.3 is 0 Å². The summed E-state index contributed by atoms with van der Waals surface area (Å²) in [4.78, 5) is 7.33. The van der Waals surface area contributed by atoms with Crippen molar-refractivity contribution >= 4 is 5.82 Å². The number of pyridine rings is 1. The van der Waals surface area contributed by atoms with E-state index in [1.54, 1.807) is 0 Å². The summed E-state index contributed by atoms with van der Waals surface area (Å²) in [5.74, 6) is 1.05. The maximum atomic E-state index is 9.53. The zero-order chi connectivity index (χ0) is 14.8.